The first-order valence-electron chi connectivity index (χ1n) is 9.07. The molecule has 0 bridgehead atoms. The van der Waals surface area contributed by atoms with E-state index >= 15 is 0 Å². The maximum Gasteiger partial charge on any atom is 0.159 e. The molecule has 1 N–H and O–H groups in total. The quantitative estimate of drug-likeness (QED) is 0.325. The Morgan fingerprint density at radius 3 is 2.69 bits per heavy atom. The molecule has 0 fully saturated rings. The van der Waals surface area contributed by atoms with Crippen LogP contribution in [0.25, 0.3) is 27.6 Å². The minimum Gasteiger partial charge on any atom is -0.360 e. The summed E-state index contributed by atoms with van der Waals surface area (Å²) >= 11 is 1.43. The summed E-state index contributed by atoms with van der Waals surface area (Å²) in [4.78, 5) is 16.2. The first kappa shape index (κ1) is 18.6. The summed E-state index contributed by atoms with van der Waals surface area (Å²) in [5.74, 6) is -0.00177. The second-order valence-corrected chi connectivity index (χ2v) is 7.41. The molecule has 4 aromatic rings. The predicted molar refractivity (Wildman–Crippen MR) is 119 cm³/mol. The molecule has 0 saturated heterocycles. The largest absolute Gasteiger partial charge is 0.360 e. The van der Waals surface area contributed by atoms with Gasteiger partial charge in [0, 0.05) is 28.4 Å². The molecule has 0 unspecified atom stereocenters. The molecule has 1 heterocycles. The summed E-state index contributed by atoms with van der Waals surface area (Å²) in [7, 11) is 0. The number of carbonyl (C=O) groups is 1. The Hall–Kier alpha value is -3.75. The Kier molecular flexibility index (Phi) is 5.19. The fraction of sp³-hybridized carbons (Fsp3) is 0.0417. The first-order valence-corrected chi connectivity index (χ1v) is 9.95. The maximum absolute atomic E-state index is 11.5. The molecule has 3 aromatic carbocycles. The number of nitrogens with one attached hydrogen (secondary N) is 1. The van der Waals surface area contributed by atoms with Crippen LogP contribution in [0.15, 0.2) is 78.3 Å². The van der Waals surface area contributed by atoms with Gasteiger partial charge in [-0.05, 0) is 35.9 Å². The number of aromatic nitrogens is 1. The third-order valence-electron chi connectivity index (χ3n) is 4.55. The van der Waals surface area contributed by atoms with E-state index in [9.17, 15) is 10.1 Å². The lowest BCUT2D eigenvalue weighted by molar-refractivity contribution is 0.101. The van der Waals surface area contributed by atoms with E-state index in [-0.39, 0.29) is 5.78 Å². The number of Topliss-reactive ketones (excluding diaryl/α,β-unsaturated/α-hetero) is 1. The van der Waals surface area contributed by atoms with Crippen LogP contribution in [0.3, 0.4) is 0 Å². The van der Waals surface area contributed by atoms with Crippen LogP contribution >= 0.6 is 11.3 Å². The minimum absolute atomic E-state index is 0.00177. The van der Waals surface area contributed by atoms with E-state index in [1.807, 2.05) is 29.6 Å². The lowest BCUT2D eigenvalue weighted by Crippen LogP contribution is -1.95. The summed E-state index contributed by atoms with van der Waals surface area (Å²) in [6.45, 7) is 1.53. The molecule has 1 aromatic heterocycles. The molecule has 0 spiro atoms. The molecule has 0 atom stereocenters. The number of benzene rings is 3. The lowest BCUT2D eigenvalue weighted by atomic mass is 10.1. The van der Waals surface area contributed by atoms with Crippen molar-refractivity contribution in [2.45, 2.75) is 6.92 Å². The summed E-state index contributed by atoms with van der Waals surface area (Å²) in [5, 5.41) is 17.6. The molecule has 4 nitrogen and oxygen atoms in total. The number of hydrogen-bond donors (Lipinski definition) is 1. The highest BCUT2D eigenvalue weighted by atomic mass is 32.1. The van der Waals surface area contributed by atoms with Gasteiger partial charge in [0.25, 0.3) is 0 Å². The highest BCUT2D eigenvalue weighted by Crippen LogP contribution is 2.28. The Morgan fingerprint density at radius 1 is 1.07 bits per heavy atom. The number of ketones is 1. The Balaban J connectivity index is 1.59. The van der Waals surface area contributed by atoms with E-state index < -0.39 is 0 Å². The zero-order valence-corrected chi connectivity index (χ0v) is 16.5. The highest BCUT2D eigenvalue weighted by Gasteiger charge is 2.10. The van der Waals surface area contributed by atoms with Crippen LogP contribution in [-0.2, 0) is 0 Å². The molecule has 0 radical (unpaired) electrons. The van der Waals surface area contributed by atoms with Crippen molar-refractivity contribution in [2.75, 3.05) is 5.32 Å². The molecule has 0 aliphatic heterocycles. The number of rotatable bonds is 5. The zero-order valence-electron chi connectivity index (χ0n) is 15.7. The van der Waals surface area contributed by atoms with Gasteiger partial charge < -0.3 is 5.32 Å². The van der Waals surface area contributed by atoms with Gasteiger partial charge in [-0.1, -0.05) is 48.5 Å². The first-order chi connectivity index (χ1) is 14.1. The molecule has 140 valence electrons. The van der Waals surface area contributed by atoms with Crippen molar-refractivity contribution in [1.29, 1.82) is 5.26 Å². The number of anilines is 1. The zero-order chi connectivity index (χ0) is 20.2. The standard InChI is InChI=1S/C24H17N3OS/c1-16(28)18-7-4-8-22(12-18)26-14-21(13-25)24-27-23(15-29-24)20-10-9-17-5-2-3-6-19(17)11-20/h2-12,14-15,26H,1H3. The molecular formula is C24H17N3OS. The van der Waals surface area contributed by atoms with Gasteiger partial charge >= 0.3 is 0 Å². The molecule has 29 heavy (non-hydrogen) atoms. The normalized spacial score (nSPS) is 11.2. The van der Waals surface area contributed by atoms with Gasteiger partial charge in [-0.15, -0.1) is 11.3 Å². The Bertz CT molecular complexity index is 1280. The van der Waals surface area contributed by atoms with Gasteiger partial charge in [0.1, 0.15) is 16.6 Å². The fourth-order valence-electron chi connectivity index (χ4n) is 3.00. The van der Waals surface area contributed by atoms with Gasteiger partial charge in [-0.25, -0.2) is 4.98 Å². The van der Waals surface area contributed by atoms with E-state index in [1.54, 1.807) is 24.4 Å². The summed E-state index contributed by atoms with van der Waals surface area (Å²) in [6.07, 6.45) is 1.63. The van der Waals surface area contributed by atoms with Crippen molar-refractivity contribution in [3.8, 4) is 17.3 Å². The van der Waals surface area contributed by atoms with E-state index in [2.05, 4.69) is 40.6 Å². The van der Waals surface area contributed by atoms with Crippen molar-refractivity contribution in [3.05, 3.63) is 88.9 Å². The average Bonchev–Trinajstić information content (AvgIpc) is 3.24. The van der Waals surface area contributed by atoms with Crippen molar-refractivity contribution < 1.29 is 4.79 Å². The van der Waals surface area contributed by atoms with Gasteiger partial charge in [0.15, 0.2) is 5.78 Å². The van der Waals surface area contributed by atoms with Crippen LogP contribution in [0, 0.1) is 11.3 Å². The fourth-order valence-corrected chi connectivity index (χ4v) is 3.80. The number of fused-ring (bicyclic) bond motifs is 1. The SMILES string of the molecule is CC(=O)c1cccc(NC=C(C#N)c2nc(-c3ccc4ccccc4c3)cs2)c1. The number of thiazole rings is 1. The van der Waals surface area contributed by atoms with Crippen LogP contribution < -0.4 is 5.32 Å². The minimum atomic E-state index is -0.00177. The van der Waals surface area contributed by atoms with Crippen molar-refractivity contribution in [1.82, 2.24) is 4.98 Å². The second kappa shape index (κ2) is 8.09. The van der Waals surface area contributed by atoms with Crippen LogP contribution in [0.5, 0.6) is 0 Å². The van der Waals surface area contributed by atoms with E-state index in [4.69, 9.17) is 0 Å². The van der Waals surface area contributed by atoms with E-state index in [0.29, 0.717) is 16.1 Å². The Labute approximate surface area is 172 Å². The van der Waals surface area contributed by atoms with Crippen LogP contribution in [0.1, 0.15) is 22.3 Å². The van der Waals surface area contributed by atoms with Gasteiger partial charge in [-0.3, -0.25) is 4.79 Å². The topological polar surface area (TPSA) is 65.8 Å². The predicted octanol–water partition coefficient (Wildman–Crippen LogP) is 6.14. The van der Waals surface area contributed by atoms with Crippen molar-refractivity contribution in [3.63, 3.8) is 0 Å². The van der Waals surface area contributed by atoms with Crippen molar-refractivity contribution >= 4 is 39.2 Å². The van der Waals surface area contributed by atoms with Gasteiger partial charge in [0.2, 0.25) is 0 Å². The second-order valence-electron chi connectivity index (χ2n) is 6.55. The molecule has 4 rings (SSSR count). The van der Waals surface area contributed by atoms with Gasteiger partial charge in [-0.2, -0.15) is 5.26 Å². The smallest absolute Gasteiger partial charge is 0.159 e. The highest BCUT2D eigenvalue weighted by molar-refractivity contribution is 7.11. The lowest BCUT2D eigenvalue weighted by Gasteiger charge is -2.03. The summed E-state index contributed by atoms with van der Waals surface area (Å²) < 4.78 is 0. The number of hydrogen-bond acceptors (Lipinski definition) is 5. The molecule has 5 heteroatoms. The van der Waals surface area contributed by atoms with Crippen LogP contribution in [0.4, 0.5) is 5.69 Å². The third kappa shape index (κ3) is 4.08. The summed E-state index contributed by atoms with van der Waals surface area (Å²) in [6, 6.07) is 23.8. The monoisotopic (exact) mass is 395 g/mol. The van der Waals surface area contributed by atoms with Crippen LogP contribution in [-0.4, -0.2) is 10.8 Å². The van der Waals surface area contributed by atoms with E-state index in [1.165, 1.54) is 23.6 Å². The molecule has 0 amide bonds. The molecule has 0 aliphatic carbocycles. The number of carbonyl (C=O) groups excluding carboxylic acids is 1. The molecule has 0 aliphatic rings. The van der Waals surface area contributed by atoms with Gasteiger partial charge in [0.05, 0.1) is 5.69 Å². The maximum atomic E-state index is 11.5. The number of nitrogens with zero attached hydrogens (tertiary/aromatic N) is 2. The van der Waals surface area contributed by atoms with Crippen molar-refractivity contribution in [2.24, 2.45) is 0 Å². The molecule has 0 saturated carbocycles. The van der Waals surface area contributed by atoms with Crippen LogP contribution in [0.2, 0.25) is 0 Å². The average molecular weight is 395 g/mol. The third-order valence-corrected chi connectivity index (χ3v) is 5.43. The number of nitriles is 1. The molecular weight excluding hydrogens is 378 g/mol. The van der Waals surface area contributed by atoms with E-state index in [0.717, 1.165) is 22.3 Å². The number of allylic oxidation sites excluding steroid dienone is 1. The summed E-state index contributed by atoms with van der Waals surface area (Å²) in [5.41, 5.74) is 3.67. The Morgan fingerprint density at radius 2 is 1.90 bits per heavy atom.